The van der Waals surface area contributed by atoms with Crippen LogP contribution in [0.25, 0.3) is 0 Å². The third kappa shape index (κ3) is 3.88. The van der Waals surface area contributed by atoms with Gasteiger partial charge in [0.05, 0.1) is 16.7 Å². The number of hydrogen-bond acceptors (Lipinski definition) is 7. The summed E-state index contributed by atoms with van der Waals surface area (Å²) in [4.78, 5) is 64.2. The van der Waals surface area contributed by atoms with Crippen molar-refractivity contribution in [3.05, 3.63) is 89.0 Å². The molecule has 5 amide bonds. The van der Waals surface area contributed by atoms with E-state index in [-0.39, 0.29) is 36.1 Å². The third-order valence-electron chi connectivity index (χ3n) is 6.75. The number of carbonyl (C=O) groups excluding carboxylic acids is 5. The predicted molar refractivity (Wildman–Crippen MR) is 134 cm³/mol. The number of piperidine rings is 1. The minimum absolute atomic E-state index is 0.0328. The lowest BCUT2D eigenvalue weighted by atomic mass is 9.79. The van der Waals surface area contributed by atoms with Crippen LogP contribution in [0.2, 0.25) is 0 Å². The number of nitrogens with zero attached hydrogens (tertiary/aromatic N) is 1. The van der Waals surface area contributed by atoms with Crippen molar-refractivity contribution in [3.63, 3.8) is 0 Å². The van der Waals surface area contributed by atoms with E-state index < -0.39 is 42.7 Å². The van der Waals surface area contributed by atoms with Crippen molar-refractivity contribution >= 4 is 42.1 Å². The summed E-state index contributed by atoms with van der Waals surface area (Å²) in [5.74, 6) is -2.06. The Bertz CT molecular complexity index is 1520. The van der Waals surface area contributed by atoms with Gasteiger partial charge in [0.15, 0.2) is 5.75 Å². The quantitative estimate of drug-likeness (QED) is 0.390. The first-order valence-electron chi connectivity index (χ1n) is 12.1. The number of nitrogens with one attached hydrogen (secondary N) is 2. The number of benzene rings is 3. The molecule has 1 saturated heterocycles. The molecule has 0 aromatic heterocycles. The standard InChI is InChI=1S/C27H20BN3O7/c32-21-13-12-19(25(34)30-21)31-26(35)17-9-4-6-15(22(17)27(31)36)14-29-24(33)18-10-5-11-20-23(18)38-28(37-20)16-7-2-1-3-8-16/h1-11,19H,12-14H2,(H,29,33)(H,30,32,34). The molecule has 1 atom stereocenters. The van der Waals surface area contributed by atoms with Crippen LogP contribution in [0, 0.1) is 0 Å². The van der Waals surface area contributed by atoms with Gasteiger partial charge in [0, 0.05) is 18.4 Å². The molecule has 0 aliphatic carbocycles. The lowest BCUT2D eigenvalue weighted by molar-refractivity contribution is -0.136. The molecule has 188 valence electrons. The lowest BCUT2D eigenvalue weighted by Gasteiger charge is -2.27. The highest BCUT2D eigenvalue weighted by molar-refractivity contribution is 6.63. The van der Waals surface area contributed by atoms with E-state index in [0.717, 1.165) is 10.4 Å². The van der Waals surface area contributed by atoms with Gasteiger partial charge in [-0.15, -0.1) is 0 Å². The summed E-state index contributed by atoms with van der Waals surface area (Å²) in [5.41, 5.74) is 1.77. The highest BCUT2D eigenvalue weighted by atomic mass is 16.6. The molecule has 0 saturated carbocycles. The fourth-order valence-corrected chi connectivity index (χ4v) is 4.90. The zero-order valence-corrected chi connectivity index (χ0v) is 19.9. The summed E-state index contributed by atoms with van der Waals surface area (Å²) in [6.07, 6.45) is 0.0956. The number of para-hydroxylation sites is 1. The summed E-state index contributed by atoms with van der Waals surface area (Å²) in [5, 5.41) is 4.97. The monoisotopic (exact) mass is 509 g/mol. The Hall–Kier alpha value is -4.93. The van der Waals surface area contributed by atoms with E-state index in [1.165, 1.54) is 6.07 Å². The molecule has 2 N–H and O–H groups in total. The lowest BCUT2D eigenvalue weighted by Crippen LogP contribution is -2.54. The molecule has 3 heterocycles. The molecule has 1 fully saturated rings. The van der Waals surface area contributed by atoms with Crippen LogP contribution in [0.3, 0.4) is 0 Å². The molecule has 3 aromatic carbocycles. The highest BCUT2D eigenvalue weighted by Gasteiger charge is 2.45. The topological polar surface area (TPSA) is 131 Å². The second-order valence-corrected chi connectivity index (χ2v) is 9.08. The third-order valence-corrected chi connectivity index (χ3v) is 6.75. The first-order valence-corrected chi connectivity index (χ1v) is 12.1. The summed E-state index contributed by atoms with van der Waals surface area (Å²) in [6.45, 7) is -0.0448. The summed E-state index contributed by atoms with van der Waals surface area (Å²) < 4.78 is 11.8. The zero-order valence-electron chi connectivity index (χ0n) is 19.9. The van der Waals surface area contributed by atoms with E-state index in [0.29, 0.717) is 17.1 Å². The number of carbonyl (C=O) groups is 5. The van der Waals surface area contributed by atoms with Gasteiger partial charge in [0.25, 0.3) is 17.7 Å². The minimum atomic E-state index is -1.07. The Morgan fingerprint density at radius 2 is 1.74 bits per heavy atom. The first kappa shape index (κ1) is 23.5. The van der Waals surface area contributed by atoms with E-state index in [4.69, 9.17) is 9.31 Å². The minimum Gasteiger partial charge on any atom is -0.519 e. The van der Waals surface area contributed by atoms with Crippen molar-refractivity contribution in [2.75, 3.05) is 0 Å². The molecule has 0 spiro atoms. The molecule has 0 bridgehead atoms. The number of amides is 5. The number of rotatable bonds is 5. The molecule has 6 rings (SSSR count). The van der Waals surface area contributed by atoms with Crippen molar-refractivity contribution in [3.8, 4) is 11.5 Å². The molecule has 10 nitrogen and oxygen atoms in total. The van der Waals surface area contributed by atoms with Crippen LogP contribution in [0.5, 0.6) is 11.5 Å². The zero-order chi connectivity index (χ0) is 26.4. The second-order valence-electron chi connectivity index (χ2n) is 9.08. The van der Waals surface area contributed by atoms with Crippen LogP contribution in [-0.4, -0.2) is 47.6 Å². The largest absolute Gasteiger partial charge is 0.632 e. The molecule has 11 heteroatoms. The predicted octanol–water partition coefficient (Wildman–Crippen LogP) is 1.18. The second kappa shape index (κ2) is 9.18. The van der Waals surface area contributed by atoms with E-state index in [1.54, 1.807) is 30.3 Å². The van der Waals surface area contributed by atoms with Gasteiger partial charge in [0.2, 0.25) is 11.8 Å². The highest BCUT2D eigenvalue weighted by Crippen LogP contribution is 2.37. The van der Waals surface area contributed by atoms with Crippen molar-refractivity contribution in [1.82, 2.24) is 15.5 Å². The van der Waals surface area contributed by atoms with Crippen LogP contribution in [0.4, 0.5) is 0 Å². The van der Waals surface area contributed by atoms with Gasteiger partial charge >= 0.3 is 7.12 Å². The average molecular weight is 509 g/mol. The number of fused-ring (bicyclic) bond motifs is 2. The Morgan fingerprint density at radius 1 is 0.947 bits per heavy atom. The smallest absolute Gasteiger partial charge is 0.519 e. The maximum Gasteiger partial charge on any atom is 0.632 e. The van der Waals surface area contributed by atoms with Crippen LogP contribution in [-0.2, 0) is 16.1 Å². The molecule has 3 aliphatic heterocycles. The summed E-state index contributed by atoms with van der Waals surface area (Å²) >= 11 is 0. The van der Waals surface area contributed by atoms with Gasteiger partial charge in [-0.25, -0.2) is 0 Å². The van der Waals surface area contributed by atoms with Gasteiger partial charge < -0.3 is 14.6 Å². The van der Waals surface area contributed by atoms with Gasteiger partial charge in [0.1, 0.15) is 11.8 Å². The Kier molecular flexibility index (Phi) is 5.67. The Morgan fingerprint density at radius 3 is 2.53 bits per heavy atom. The Balaban J connectivity index is 1.20. The fourth-order valence-electron chi connectivity index (χ4n) is 4.90. The molecular formula is C27H20BN3O7. The van der Waals surface area contributed by atoms with Crippen LogP contribution >= 0.6 is 0 Å². The summed E-state index contributed by atoms with van der Waals surface area (Å²) in [6, 6.07) is 18.0. The van der Waals surface area contributed by atoms with Crippen LogP contribution < -0.4 is 25.4 Å². The molecule has 3 aliphatic rings. The molecule has 1 unspecified atom stereocenters. The van der Waals surface area contributed by atoms with Crippen LogP contribution in [0.1, 0.15) is 49.5 Å². The van der Waals surface area contributed by atoms with E-state index in [1.807, 2.05) is 30.3 Å². The SMILES string of the molecule is O=C1CCC(N2C(=O)c3cccc(CNC(=O)c4cccc5c4OB(c4ccccc4)O5)c3C2=O)C(=O)N1. The van der Waals surface area contributed by atoms with E-state index >= 15 is 0 Å². The number of hydrogen-bond donors (Lipinski definition) is 2. The summed E-state index contributed by atoms with van der Waals surface area (Å²) in [7, 11) is -0.681. The number of imide groups is 2. The van der Waals surface area contributed by atoms with E-state index in [9.17, 15) is 24.0 Å². The fraction of sp³-hybridized carbons (Fsp3) is 0.148. The average Bonchev–Trinajstić information content (AvgIpc) is 3.47. The van der Waals surface area contributed by atoms with Gasteiger partial charge in [-0.1, -0.05) is 48.5 Å². The molecular weight excluding hydrogens is 489 g/mol. The maximum atomic E-state index is 13.3. The van der Waals surface area contributed by atoms with Crippen molar-refractivity contribution < 1.29 is 33.3 Å². The first-order chi connectivity index (χ1) is 18.4. The van der Waals surface area contributed by atoms with Crippen molar-refractivity contribution in [2.45, 2.75) is 25.4 Å². The normalized spacial score (nSPS) is 17.9. The van der Waals surface area contributed by atoms with Crippen molar-refractivity contribution in [2.24, 2.45) is 0 Å². The molecule has 3 aromatic rings. The van der Waals surface area contributed by atoms with Gasteiger partial charge in [-0.2, -0.15) is 0 Å². The van der Waals surface area contributed by atoms with Gasteiger partial charge in [-0.05, 0) is 30.2 Å². The van der Waals surface area contributed by atoms with Crippen molar-refractivity contribution in [1.29, 1.82) is 0 Å². The Labute approximate surface area is 217 Å². The molecule has 38 heavy (non-hydrogen) atoms. The van der Waals surface area contributed by atoms with Gasteiger partial charge in [-0.3, -0.25) is 34.2 Å². The molecule has 0 radical (unpaired) electrons. The maximum absolute atomic E-state index is 13.3. The van der Waals surface area contributed by atoms with E-state index in [2.05, 4.69) is 10.6 Å². The van der Waals surface area contributed by atoms with Crippen LogP contribution in [0.15, 0.2) is 66.7 Å².